The molecule has 3 aromatic rings. The van der Waals surface area contributed by atoms with Gasteiger partial charge in [0.15, 0.2) is 10.9 Å². The van der Waals surface area contributed by atoms with E-state index < -0.39 is 11.9 Å². The molecule has 170 valence electrons. The first-order valence-electron chi connectivity index (χ1n) is 10.2. The maximum atomic E-state index is 12.1. The van der Waals surface area contributed by atoms with Gasteiger partial charge in [-0.3, -0.25) is 14.4 Å². The highest BCUT2D eigenvalue weighted by Gasteiger charge is 2.11. The lowest BCUT2D eigenvalue weighted by molar-refractivity contribution is -0.144. The molecular formula is C24H23N3O5S. The number of rotatable bonds is 9. The standard InChI is InChI=1S/C24H23N3O5S/c28-21(11-12-22(29)32-15-13-17-6-2-1-3-7-17)27-24(33)26-19-9-4-8-18(16-19)25-23(30)20-10-5-14-31-20/h1-10,14,16H,11-13,15H2,(H,25,30)(H2,26,27,28,33). The zero-order valence-electron chi connectivity index (χ0n) is 17.7. The fourth-order valence-electron chi connectivity index (χ4n) is 2.84. The highest BCUT2D eigenvalue weighted by Crippen LogP contribution is 2.16. The fraction of sp³-hybridized carbons (Fsp3) is 0.167. The highest BCUT2D eigenvalue weighted by molar-refractivity contribution is 7.80. The van der Waals surface area contributed by atoms with Gasteiger partial charge < -0.3 is 25.1 Å². The minimum absolute atomic E-state index is 0.0441. The Morgan fingerprint density at radius 3 is 2.36 bits per heavy atom. The van der Waals surface area contributed by atoms with Crippen LogP contribution in [0, 0.1) is 0 Å². The molecule has 1 aromatic heterocycles. The van der Waals surface area contributed by atoms with Gasteiger partial charge in [0.05, 0.1) is 19.3 Å². The van der Waals surface area contributed by atoms with Gasteiger partial charge in [-0.2, -0.15) is 0 Å². The van der Waals surface area contributed by atoms with Crippen LogP contribution in [-0.4, -0.2) is 29.5 Å². The summed E-state index contributed by atoms with van der Waals surface area (Å²) in [6.45, 7) is 0.261. The van der Waals surface area contributed by atoms with Gasteiger partial charge in [-0.1, -0.05) is 36.4 Å². The molecule has 0 aliphatic rings. The molecule has 0 saturated carbocycles. The largest absolute Gasteiger partial charge is 0.465 e. The molecule has 0 fully saturated rings. The van der Waals surface area contributed by atoms with Crippen LogP contribution in [0.15, 0.2) is 77.4 Å². The lowest BCUT2D eigenvalue weighted by Crippen LogP contribution is -2.34. The van der Waals surface area contributed by atoms with Crippen molar-refractivity contribution in [1.82, 2.24) is 5.32 Å². The number of anilines is 2. The summed E-state index contributed by atoms with van der Waals surface area (Å²) in [5, 5.41) is 8.17. The first kappa shape index (κ1) is 23.7. The summed E-state index contributed by atoms with van der Waals surface area (Å²) < 4.78 is 10.2. The number of esters is 1. The molecule has 0 radical (unpaired) electrons. The Morgan fingerprint density at radius 2 is 1.64 bits per heavy atom. The molecule has 0 aliphatic carbocycles. The molecule has 3 rings (SSSR count). The van der Waals surface area contributed by atoms with E-state index in [9.17, 15) is 14.4 Å². The van der Waals surface area contributed by atoms with Crippen molar-refractivity contribution in [2.24, 2.45) is 0 Å². The van der Waals surface area contributed by atoms with Crippen LogP contribution < -0.4 is 16.0 Å². The van der Waals surface area contributed by atoms with E-state index >= 15 is 0 Å². The Hall–Kier alpha value is -3.98. The number of nitrogens with one attached hydrogen (secondary N) is 3. The van der Waals surface area contributed by atoms with Crippen LogP contribution in [0.5, 0.6) is 0 Å². The minimum Gasteiger partial charge on any atom is -0.465 e. The zero-order valence-corrected chi connectivity index (χ0v) is 18.5. The number of hydrogen-bond acceptors (Lipinski definition) is 6. The minimum atomic E-state index is -0.444. The Kier molecular flexibility index (Phi) is 8.72. The quantitative estimate of drug-likeness (QED) is 0.325. The van der Waals surface area contributed by atoms with Crippen molar-refractivity contribution in [3.05, 3.63) is 84.3 Å². The molecule has 9 heteroatoms. The first-order chi connectivity index (χ1) is 16.0. The summed E-state index contributed by atoms with van der Waals surface area (Å²) in [5.41, 5.74) is 2.16. The predicted octanol–water partition coefficient (Wildman–Crippen LogP) is 3.91. The molecule has 2 amide bonds. The summed E-state index contributed by atoms with van der Waals surface area (Å²) in [6.07, 6.45) is 1.94. The van der Waals surface area contributed by atoms with Gasteiger partial charge >= 0.3 is 5.97 Å². The second-order valence-electron chi connectivity index (χ2n) is 6.97. The number of furan rings is 1. The number of amides is 2. The van der Waals surface area contributed by atoms with E-state index in [2.05, 4.69) is 16.0 Å². The maximum Gasteiger partial charge on any atom is 0.306 e. The molecule has 3 N–H and O–H groups in total. The van der Waals surface area contributed by atoms with E-state index in [-0.39, 0.29) is 36.2 Å². The Morgan fingerprint density at radius 1 is 0.879 bits per heavy atom. The highest BCUT2D eigenvalue weighted by atomic mass is 32.1. The van der Waals surface area contributed by atoms with E-state index in [0.29, 0.717) is 17.8 Å². The summed E-state index contributed by atoms with van der Waals surface area (Å²) >= 11 is 5.15. The summed E-state index contributed by atoms with van der Waals surface area (Å²) in [7, 11) is 0. The third-order valence-corrected chi connectivity index (χ3v) is 4.63. The second kappa shape index (κ2) is 12.2. The predicted molar refractivity (Wildman–Crippen MR) is 128 cm³/mol. The molecule has 0 atom stereocenters. The van der Waals surface area contributed by atoms with Crippen LogP contribution in [0.3, 0.4) is 0 Å². The monoisotopic (exact) mass is 465 g/mol. The van der Waals surface area contributed by atoms with Crippen LogP contribution in [0.4, 0.5) is 11.4 Å². The van der Waals surface area contributed by atoms with Crippen LogP contribution in [0.2, 0.25) is 0 Å². The molecule has 1 heterocycles. The van der Waals surface area contributed by atoms with Crippen molar-refractivity contribution < 1.29 is 23.5 Å². The van der Waals surface area contributed by atoms with Gasteiger partial charge in [-0.15, -0.1) is 0 Å². The number of ether oxygens (including phenoxy) is 1. The van der Waals surface area contributed by atoms with E-state index in [0.717, 1.165) is 5.56 Å². The average molecular weight is 466 g/mol. The van der Waals surface area contributed by atoms with Crippen LogP contribution >= 0.6 is 12.2 Å². The Bertz CT molecular complexity index is 1100. The van der Waals surface area contributed by atoms with Gasteiger partial charge in [0.25, 0.3) is 5.91 Å². The molecule has 33 heavy (non-hydrogen) atoms. The van der Waals surface area contributed by atoms with Crippen LogP contribution in [-0.2, 0) is 20.7 Å². The molecule has 8 nitrogen and oxygen atoms in total. The van der Waals surface area contributed by atoms with Gasteiger partial charge in [-0.25, -0.2) is 0 Å². The van der Waals surface area contributed by atoms with Crippen molar-refractivity contribution in [3.63, 3.8) is 0 Å². The number of carbonyl (C=O) groups excluding carboxylic acids is 3. The fourth-order valence-corrected chi connectivity index (χ4v) is 3.07. The smallest absolute Gasteiger partial charge is 0.306 e. The van der Waals surface area contributed by atoms with Crippen molar-refractivity contribution in [3.8, 4) is 0 Å². The molecule has 0 saturated heterocycles. The lowest BCUT2D eigenvalue weighted by atomic mass is 10.2. The molecule has 0 aliphatic heterocycles. The maximum absolute atomic E-state index is 12.1. The third-order valence-electron chi connectivity index (χ3n) is 4.43. The van der Waals surface area contributed by atoms with E-state index in [1.807, 2.05) is 30.3 Å². The molecule has 0 unspecified atom stereocenters. The summed E-state index contributed by atoms with van der Waals surface area (Å²) in [5.74, 6) is -1.05. The molecular weight excluding hydrogens is 442 g/mol. The number of carbonyl (C=O) groups is 3. The number of thiocarbonyl (C=S) groups is 1. The summed E-state index contributed by atoms with van der Waals surface area (Å²) in [6, 6.07) is 19.7. The second-order valence-corrected chi connectivity index (χ2v) is 7.38. The van der Waals surface area contributed by atoms with Crippen molar-refractivity contribution in [2.75, 3.05) is 17.2 Å². The molecule has 2 aromatic carbocycles. The Labute approximate surface area is 196 Å². The number of benzene rings is 2. The lowest BCUT2D eigenvalue weighted by Gasteiger charge is -2.11. The molecule has 0 spiro atoms. The van der Waals surface area contributed by atoms with Crippen LogP contribution in [0.25, 0.3) is 0 Å². The topological polar surface area (TPSA) is 110 Å². The van der Waals surface area contributed by atoms with Gasteiger partial charge in [0.2, 0.25) is 5.91 Å². The average Bonchev–Trinajstić information content (AvgIpc) is 3.34. The van der Waals surface area contributed by atoms with Crippen LogP contribution in [0.1, 0.15) is 29.0 Å². The first-order valence-corrected chi connectivity index (χ1v) is 10.7. The van der Waals surface area contributed by atoms with Crippen molar-refractivity contribution >= 4 is 46.5 Å². The summed E-state index contributed by atoms with van der Waals surface area (Å²) in [4.78, 5) is 36.0. The van der Waals surface area contributed by atoms with Gasteiger partial charge in [-0.05, 0) is 48.1 Å². The van der Waals surface area contributed by atoms with E-state index in [1.54, 1.807) is 36.4 Å². The van der Waals surface area contributed by atoms with Crippen molar-refractivity contribution in [1.29, 1.82) is 0 Å². The van der Waals surface area contributed by atoms with Crippen molar-refractivity contribution in [2.45, 2.75) is 19.3 Å². The van der Waals surface area contributed by atoms with E-state index in [4.69, 9.17) is 21.4 Å². The Balaban J connectivity index is 1.37. The van der Waals surface area contributed by atoms with Gasteiger partial charge in [0, 0.05) is 24.2 Å². The third kappa shape index (κ3) is 8.23. The SMILES string of the molecule is O=C(CCC(=O)OCCc1ccccc1)NC(=S)Nc1cccc(NC(=O)c2ccco2)c1. The van der Waals surface area contributed by atoms with E-state index in [1.165, 1.54) is 6.26 Å². The normalized spacial score (nSPS) is 10.2. The zero-order chi connectivity index (χ0) is 23.5. The number of hydrogen-bond donors (Lipinski definition) is 3. The molecule has 0 bridgehead atoms. The van der Waals surface area contributed by atoms with Gasteiger partial charge in [0.1, 0.15) is 0 Å².